The van der Waals surface area contributed by atoms with E-state index in [1.807, 2.05) is 0 Å². The van der Waals surface area contributed by atoms with Gasteiger partial charge in [-0.05, 0) is 24.0 Å². The second-order valence-corrected chi connectivity index (χ2v) is 7.24. The number of thiophene rings is 1. The summed E-state index contributed by atoms with van der Waals surface area (Å²) in [5.74, 6) is -1.43. The second kappa shape index (κ2) is 6.12. The Balaban J connectivity index is 2.24. The molecule has 0 atom stereocenters. The number of carboxylic acid groups (broad SMARTS) is 1. The van der Waals surface area contributed by atoms with Crippen LogP contribution in [0.2, 0.25) is 0 Å². The number of carbonyl (C=O) groups is 1. The summed E-state index contributed by atoms with van der Waals surface area (Å²) in [4.78, 5) is 11.5. The van der Waals surface area contributed by atoms with Gasteiger partial charge in [0.1, 0.15) is 10.7 Å². The summed E-state index contributed by atoms with van der Waals surface area (Å²) in [5, 5.41) is 9.65. The number of fused-ring (bicyclic) bond motifs is 1. The van der Waals surface area contributed by atoms with Crippen molar-refractivity contribution in [2.45, 2.75) is 33.8 Å². The molecule has 2 rings (SSSR count). The predicted molar refractivity (Wildman–Crippen MR) is 82.5 cm³/mol. The van der Waals surface area contributed by atoms with Crippen LogP contribution in [0.15, 0.2) is 18.2 Å². The summed E-state index contributed by atoms with van der Waals surface area (Å²) in [6, 6.07) is 4.66. The topological polar surface area (TPSA) is 46.5 Å². The fourth-order valence-corrected chi connectivity index (χ4v) is 3.09. The molecule has 114 valence electrons. The van der Waals surface area contributed by atoms with E-state index in [0.29, 0.717) is 22.3 Å². The zero-order valence-electron chi connectivity index (χ0n) is 12.4. The maximum absolute atomic E-state index is 14.0. The van der Waals surface area contributed by atoms with Gasteiger partial charge in [0.15, 0.2) is 0 Å². The summed E-state index contributed by atoms with van der Waals surface area (Å²) in [7, 11) is 0. The minimum absolute atomic E-state index is 0.124. The van der Waals surface area contributed by atoms with Crippen LogP contribution in [0, 0.1) is 11.2 Å². The fraction of sp³-hybridized carbons (Fsp3) is 0.438. The van der Waals surface area contributed by atoms with Crippen molar-refractivity contribution >= 4 is 27.4 Å². The molecule has 0 radical (unpaired) electrons. The predicted octanol–water partition coefficient (Wildman–Crippen LogP) is 4.69. The van der Waals surface area contributed by atoms with E-state index in [1.165, 1.54) is 6.07 Å². The van der Waals surface area contributed by atoms with Gasteiger partial charge in [-0.2, -0.15) is 0 Å². The largest absolute Gasteiger partial charge is 0.477 e. The Labute approximate surface area is 127 Å². The second-order valence-electron chi connectivity index (χ2n) is 6.19. The number of rotatable bonds is 5. The molecule has 0 fully saturated rings. The first-order valence-corrected chi connectivity index (χ1v) is 7.62. The van der Waals surface area contributed by atoms with Crippen LogP contribution in [0.5, 0.6) is 0 Å². The lowest BCUT2D eigenvalue weighted by Gasteiger charge is -2.17. The molecule has 0 bridgehead atoms. The SMILES string of the molecule is CC(C)(C)CCOCc1c(C(=O)O)sc2cccc(F)c12. The van der Waals surface area contributed by atoms with E-state index in [-0.39, 0.29) is 16.9 Å². The average molecular weight is 310 g/mol. The van der Waals surface area contributed by atoms with Gasteiger partial charge in [0.2, 0.25) is 0 Å². The summed E-state index contributed by atoms with van der Waals surface area (Å²) in [6.07, 6.45) is 0.861. The summed E-state index contributed by atoms with van der Waals surface area (Å²) >= 11 is 1.09. The van der Waals surface area contributed by atoms with Gasteiger partial charge in [-0.25, -0.2) is 9.18 Å². The Morgan fingerprint density at radius 2 is 2.10 bits per heavy atom. The van der Waals surface area contributed by atoms with E-state index in [0.717, 1.165) is 17.8 Å². The highest BCUT2D eigenvalue weighted by atomic mass is 32.1. The van der Waals surface area contributed by atoms with Crippen molar-refractivity contribution in [2.24, 2.45) is 5.41 Å². The number of carboxylic acids is 1. The van der Waals surface area contributed by atoms with Crippen molar-refractivity contribution in [3.8, 4) is 0 Å². The fourth-order valence-electron chi connectivity index (χ4n) is 2.03. The monoisotopic (exact) mass is 310 g/mol. The van der Waals surface area contributed by atoms with Crippen LogP contribution < -0.4 is 0 Å². The standard InChI is InChI=1S/C16H19FO3S/c1-16(2,3)7-8-20-9-10-13-11(17)5-4-6-12(13)21-14(10)15(18)19/h4-6H,7-9H2,1-3H3,(H,18,19). The van der Waals surface area contributed by atoms with Crippen molar-refractivity contribution in [3.63, 3.8) is 0 Å². The van der Waals surface area contributed by atoms with Gasteiger partial charge in [0.05, 0.1) is 6.61 Å². The summed E-state index contributed by atoms with van der Waals surface area (Å²) in [5.41, 5.74) is 0.590. The molecule has 21 heavy (non-hydrogen) atoms. The molecule has 1 aromatic carbocycles. The van der Waals surface area contributed by atoms with E-state index in [2.05, 4.69) is 20.8 Å². The van der Waals surface area contributed by atoms with Crippen LogP contribution in [-0.2, 0) is 11.3 Å². The van der Waals surface area contributed by atoms with Crippen molar-refractivity contribution in [1.82, 2.24) is 0 Å². The lowest BCUT2D eigenvalue weighted by molar-refractivity contribution is 0.0688. The van der Waals surface area contributed by atoms with Crippen molar-refractivity contribution in [3.05, 3.63) is 34.5 Å². The molecule has 2 aromatic rings. The molecule has 3 nitrogen and oxygen atoms in total. The third-order valence-corrected chi connectivity index (χ3v) is 4.39. The molecular formula is C16H19FO3S. The Hall–Kier alpha value is -1.46. The lowest BCUT2D eigenvalue weighted by atomic mass is 9.93. The molecule has 5 heteroatoms. The third-order valence-electron chi connectivity index (χ3n) is 3.20. The van der Waals surface area contributed by atoms with Crippen LogP contribution in [0.1, 0.15) is 42.4 Å². The molecule has 1 heterocycles. The normalized spacial score (nSPS) is 12.0. The molecule has 0 amide bonds. The maximum atomic E-state index is 14.0. The zero-order chi connectivity index (χ0) is 15.6. The zero-order valence-corrected chi connectivity index (χ0v) is 13.2. The van der Waals surface area contributed by atoms with Crippen molar-refractivity contribution < 1.29 is 19.0 Å². The Bertz CT molecular complexity index is 655. The molecule has 0 aliphatic carbocycles. The number of ether oxygens (including phenoxy) is 1. The van der Waals surface area contributed by atoms with Gasteiger partial charge in [0.25, 0.3) is 0 Å². The molecule has 0 aliphatic rings. The van der Waals surface area contributed by atoms with Gasteiger partial charge in [-0.3, -0.25) is 0 Å². The summed E-state index contributed by atoms with van der Waals surface area (Å²) < 4.78 is 20.2. The summed E-state index contributed by atoms with van der Waals surface area (Å²) in [6.45, 7) is 6.98. The molecule has 1 N–H and O–H groups in total. The molecule has 1 aromatic heterocycles. The van der Waals surface area contributed by atoms with E-state index in [4.69, 9.17) is 4.74 Å². The first kappa shape index (κ1) is 15.9. The van der Waals surface area contributed by atoms with E-state index in [9.17, 15) is 14.3 Å². The smallest absolute Gasteiger partial charge is 0.346 e. The Morgan fingerprint density at radius 1 is 1.38 bits per heavy atom. The molecule has 0 unspecified atom stereocenters. The first-order valence-electron chi connectivity index (χ1n) is 6.80. The molecule has 0 spiro atoms. The lowest BCUT2D eigenvalue weighted by Crippen LogP contribution is -2.10. The van der Waals surface area contributed by atoms with Gasteiger partial charge in [-0.15, -0.1) is 11.3 Å². The average Bonchev–Trinajstić information content (AvgIpc) is 2.74. The van der Waals surface area contributed by atoms with E-state index in [1.54, 1.807) is 12.1 Å². The highest BCUT2D eigenvalue weighted by Gasteiger charge is 2.20. The van der Waals surface area contributed by atoms with Gasteiger partial charge in [-0.1, -0.05) is 26.8 Å². The number of hydrogen-bond donors (Lipinski definition) is 1. The van der Waals surface area contributed by atoms with Gasteiger partial charge in [0, 0.05) is 22.3 Å². The minimum Gasteiger partial charge on any atom is -0.477 e. The van der Waals surface area contributed by atoms with E-state index >= 15 is 0 Å². The molecule has 0 saturated heterocycles. The Kier molecular flexibility index (Phi) is 4.64. The number of benzene rings is 1. The number of hydrogen-bond acceptors (Lipinski definition) is 3. The molecule has 0 saturated carbocycles. The van der Waals surface area contributed by atoms with Gasteiger partial charge >= 0.3 is 5.97 Å². The van der Waals surface area contributed by atoms with Crippen molar-refractivity contribution in [1.29, 1.82) is 0 Å². The number of aromatic carboxylic acids is 1. The highest BCUT2D eigenvalue weighted by Crippen LogP contribution is 2.34. The first-order chi connectivity index (χ1) is 9.79. The highest BCUT2D eigenvalue weighted by molar-refractivity contribution is 7.21. The van der Waals surface area contributed by atoms with E-state index < -0.39 is 11.8 Å². The van der Waals surface area contributed by atoms with Crippen molar-refractivity contribution in [2.75, 3.05) is 6.61 Å². The Morgan fingerprint density at radius 3 is 2.71 bits per heavy atom. The maximum Gasteiger partial charge on any atom is 0.346 e. The number of halogens is 1. The van der Waals surface area contributed by atoms with Crippen LogP contribution >= 0.6 is 11.3 Å². The minimum atomic E-state index is -1.04. The van der Waals surface area contributed by atoms with Crippen LogP contribution in [-0.4, -0.2) is 17.7 Å². The van der Waals surface area contributed by atoms with Crippen LogP contribution in [0.4, 0.5) is 4.39 Å². The van der Waals surface area contributed by atoms with Crippen LogP contribution in [0.3, 0.4) is 0 Å². The quantitative estimate of drug-likeness (QED) is 0.815. The third kappa shape index (κ3) is 3.80. The molecular weight excluding hydrogens is 291 g/mol. The molecule has 0 aliphatic heterocycles. The van der Waals surface area contributed by atoms with Gasteiger partial charge < -0.3 is 9.84 Å². The van der Waals surface area contributed by atoms with Crippen LogP contribution in [0.25, 0.3) is 10.1 Å².